The first-order valence-corrected chi connectivity index (χ1v) is 12.7. The first kappa shape index (κ1) is 23.3. The van der Waals surface area contributed by atoms with E-state index in [1.165, 1.54) is 17.1 Å². The van der Waals surface area contributed by atoms with Gasteiger partial charge in [0.15, 0.2) is 0 Å². The first-order valence-electron chi connectivity index (χ1n) is 11.3. The predicted octanol–water partition coefficient (Wildman–Crippen LogP) is 5.15. The van der Waals surface area contributed by atoms with Crippen LogP contribution in [-0.4, -0.2) is 26.9 Å². The molecule has 1 aliphatic rings. The van der Waals surface area contributed by atoms with Crippen molar-refractivity contribution in [2.75, 3.05) is 10.8 Å². The number of carbonyl (C=O) groups is 1. The summed E-state index contributed by atoms with van der Waals surface area (Å²) in [5, 5.41) is 3.08. The van der Waals surface area contributed by atoms with Crippen LogP contribution in [0, 0.1) is 6.92 Å². The minimum atomic E-state index is -3.87. The molecule has 2 aromatic carbocycles. The molecule has 3 rings (SSSR count). The van der Waals surface area contributed by atoms with Gasteiger partial charge < -0.3 is 5.32 Å². The Morgan fingerprint density at radius 3 is 2.10 bits per heavy atom. The van der Waals surface area contributed by atoms with Crippen molar-refractivity contribution >= 4 is 21.6 Å². The number of nitrogens with one attached hydrogen (secondary N) is 1. The molecule has 6 heteroatoms. The van der Waals surface area contributed by atoms with E-state index in [0.29, 0.717) is 11.6 Å². The summed E-state index contributed by atoms with van der Waals surface area (Å²) in [4.78, 5) is 13.1. The second-order valence-electron chi connectivity index (χ2n) is 8.83. The summed E-state index contributed by atoms with van der Waals surface area (Å²) < 4.78 is 28.2. The van der Waals surface area contributed by atoms with Crippen LogP contribution < -0.4 is 9.62 Å². The van der Waals surface area contributed by atoms with Gasteiger partial charge in [0, 0.05) is 6.04 Å². The fraction of sp³-hybridized carbons (Fsp3) is 0.480. The summed E-state index contributed by atoms with van der Waals surface area (Å²) in [6.45, 7) is 5.87. The quantitative estimate of drug-likeness (QED) is 0.603. The Morgan fingerprint density at radius 1 is 0.968 bits per heavy atom. The summed E-state index contributed by atoms with van der Waals surface area (Å²) in [7, 11) is -3.87. The Kier molecular flexibility index (Phi) is 7.76. The molecule has 1 aliphatic carbocycles. The van der Waals surface area contributed by atoms with Crippen LogP contribution in [0.15, 0.2) is 53.4 Å². The number of hydrogen-bond donors (Lipinski definition) is 1. The van der Waals surface area contributed by atoms with E-state index in [1.54, 1.807) is 36.4 Å². The standard InChI is InChI=1S/C25H34N2O3S/c1-19(2)21-12-14-23(15-13-21)27(31(29,30)24-16-10-20(3)11-17-24)18-25(28)26-22-8-6-4-5-7-9-22/h10-17,19,22H,4-9,18H2,1-3H3,(H,26,28). The molecule has 0 aliphatic heterocycles. The average molecular weight is 443 g/mol. The van der Waals surface area contributed by atoms with Crippen LogP contribution in [0.3, 0.4) is 0 Å². The van der Waals surface area contributed by atoms with Gasteiger partial charge in [-0.1, -0.05) is 69.4 Å². The summed E-state index contributed by atoms with van der Waals surface area (Å²) in [6.07, 6.45) is 6.52. The molecule has 1 N–H and O–H groups in total. The van der Waals surface area contributed by atoms with Gasteiger partial charge in [-0.25, -0.2) is 8.42 Å². The lowest BCUT2D eigenvalue weighted by molar-refractivity contribution is -0.120. The SMILES string of the molecule is Cc1ccc(S(=O)(=O)N(CC(=O)NC2CCCCCC2)c2ccc(C(C)C)cc2)cc1. The van der Waals surface area contributed by atoms with Crippen LogP contribution in [0.2, 0.25) is 0 Å². The first-order chi connectivity index (χ1) is 14.8. The van der Waals surface area contributed by atoms with E-state index in [0.717, 1.165) is 36.8 Å². The molecule has 0 atom stereocenters. The highest BCUT2D eigenvalue weighted by molar-refractivity contribution is 7.92. The molecule has 0 aromatic heterocycles. The number of carbonyl (C=O) groups excluding carboxylic acids is 1. The van der Waals surface area contributed by atoms with Gasteiger partial charge in [0.2, 0.25) is 5.91 Å². The van der Waals surface area contributed by atoms with E-state index < -0.39 is 10.0 Å². The predicted molar refractivity (Wildman–Crippen MR) is 126 cm³/mol. The molecule has 2 aromatic rings. The fourth-order valence-corrected chi connectivity index (χ4v) is 5.43. The number of amides is 1. The highest BCUT2D eigenvalue weighted by Crippen LogP contribution is 2.26. The minimum Gasteiger partial charge on any atom is -0.352 e. The molecule has 168 valence electrons. The Bertz CT molecular complexity index is 959. The molecule has 0 unspecified atom stereocenters. The molecule has 0 spiro atoms. The lowest BCUT2D eigenvalue weighted by Crippen LogP contribution is -2.44. The number of nitrogens with zero attached hydrogens (tertiary/aromatic N) is 1. The maximum absolute atomic E-state index is 13.5. The van der Waals surface area contributed by atoms with E-state index in [-0.39, 0.29) is 23.4 Å². The number of rotatable bonds is 7. The Morgan fingerprint density at radius 2 is 1.55 bits per heavy atom. The van der Waals surface area contributed by atoms with Crippen LogP contribution in [0.25, 0.3) is 0 Å². The van der Waals surface area contributed by atoms with Crippen molar-refractivity contribution in [2.45, 2.75) is 76.2 Å². The summed E-state index contributed by atoms with van der Waals surface area (Å²) in [5.41, 5.74) is 2.61. The van der Waals surface area contributed by atoms with Gasteiger partial charge >= 0.3 is 0 Å². The van der Waals surface area contributed by atoms with E-state index in [2.05, 4.69) is 19.2 Å². The molecule has 0 radical (unpaired) electrons. The minimum absolute atomic E-state index is 0.127. The van der Waals surface area contributed by atoms with Crippen molar-refractivity contribution < 1.29 is 13.2 Å². The maximum Gasteiger partial charge on any atom is 0.264 e. The van der Waals surface area contributed by atoms with Crippen LogP contribution >= 0.6 is 0 Å². The smallest absolute Gasteiger partial charge is 0.264 e. The van der Waals surface area contributed by atoms with Crippen molar-refractivity contribution in [2.24, 2.45) is 0 Å². The van der Waals surface area contributed by atoms with Gasteiger partial charge in [-0.15, -0.1) is 0 Å². The van der Waals surface area contributed by atoms with Crippen molar-refractivity contribution in [3.8, 4) is 0 Å². The molecule has 0 saturated heterocycles. The average Bonchev–Trinajstić information content (AvgIpc) is 3.01. The zero-order valence-electron chi connectivity index (χ0n) is 18.8. The van der Waals surface area contributed by atoms with E-state index >= 15 is 0 Å². The summed E-state index contributed by atoms with van der Waals surface area (Å²) >= 11 is 0. The van der Waals surface area contributed by atoms with Gasteiger partial charge in [0.25, 0.3) is 10.0 Å². The van der Waals surface area contributed by atoms with Crippen molar-refractivity contribution in [1.82, 2.24) is 5.32 Å². The number of aryl methyl sites for hydroxylation is 1. The molecule has 31 heavy (non-hydrogen) atoms. The zero-order valence-corrected chi connectivity index (χ0v) is 19.6. The number of benzene rings is 2. The van der Waals surface area contributed by atoms with Gasteiger partial charge in [-0.05, 0) is 55.5 Å². The normalized spacial score (nSPS) is 15.5. The van der Waals surface area contributed by atoms with Crippen molar-refractivity contribution in [3.63, 3.8) is 0 Å². The lowest BCUT2D eigenvalue weighted by atomic mass is 10.0. The Labute approximate surface area is 186 Å². The molecular formula is C25H34N2O3S. The number of sulfonamides is 1. The van der Waals surface area contributed by atoms with Gasteiger partial charge in [-0.3, -0.25) is 9.10 Å². The highest BCUT2D eigenvalue weighted by atomic mass is 32.2. The van der Waals surface area contributed by atoms with Crippen LogP contribution in [0.5, 0.6) is 0 Å². The topological polar surface area (TPSA) is 66.5 Å². The van der Waals surface area contributed by atoms with Gasteiger partial charge in [0.05, 0.1) is 10.6 Å². The van der Waals surface area contributed by atoms with E-state index in [9.17, 15) is 13.2 Å². The molecule has 1 amide bonds. The van der Waals surface area contributed by atoms with Gasteiger partial charge in [-0.2, -0.15) is 0 Å². The molecule has 1 saturated carbocycles. The second-order valence-corrected chi connectivity index (χ2v) is 10.7. The van der Waals surface area contributed by atoms with Crippen molar-refractivity contribution in [1.29, 1.82) is 0 Å². The highest BCUT2D eigenvalue weighted by Gasteiger charge is 2.28. The summed E-state index contributed by atoms with van der Waals surface area (Å²) in [5.74, 6) is 0.0882. The van der Waals surface area contributed by atoms with E-state index in [4.69, 9.17) is 0 Å². The maximum atomic E-state index is 13.5. The number of hydrogen-bond acceptors (Lipinski definition) is 3. The molecular weight excluding hydrogens is 408 g/mol. The monoisotopic (exact) mass is 442 g/mol. The van der Waals surface area contributed by atoms with Crippen LogP contribution in [0.4, 0.5) is 5.69 Å². The second kappa shape index (κ2) is 10.3. The Hall–Kier alpha value is -2.34. The zero-order chi connectivity index (χ0) is 22.4. The molecule has 5 nitrogen and oxygen atoms in total. The van der Waals surface area contributed by atoms with Crippen LogP contribution in [-0.2, 0) is 14.8 Å². The van der Waals surface area contributed by atoms with E-state index in [1.807, 2.05) is 19.1 Å². The molecule has 0 heterocycles. The third-order valence-corrected chi connectivity index (χ3v) is 7.75. The molecule has 0 bridgehead atoms. The van der Waals surface area contributed by atoms with Gasteiger partial charge in [0.1, 0.15) is 6.54 Å². The van der Waals surface area contributed by atoms with Crippen LogP contribution in [0.1, 0.15) is 69.4 Å². The summed E-state index contributed by atoms with van der Waals surface area (Å²) in [6, 6.07) is 14.3. The van der Waals surface area contributed by atoms with Crippen molar-refractivity contribution in [3.05, 3.63) is 59.7 Å². The third kappa shape index (κ3) is 6.10. The fourth-order valence-electron chi connectivity index (χ4n) is 4.01. The Balaban J connectivity index is 1.88. The molecule has 1 fully saturated rings. The lowest BCUT2D eigenvalue weighted by Gasteiger charge is -2.26. The number of anilines is 1. The largest absolute Gasteiger partial charge is 0.352 e. The third-order valence-electron chi connectivity index (χ3n) is 5.96.